The van der Waals surface area contributed by atoms with Crippen molar-refractivity contribution in [2.24, 2.45) is 5.73 Å². The van der Waals surface area contributed by atoms with Gasteiger partial charge in [0.05, 0.1) is 13.7 Å². The molecule has 0 saturated carbocycles. The van der Waals surface area contributed by atoms with Crippen molar-refractivity contribution in [2.45, 2.75) is 6.92 Å². The number of hydrogen-bond acceptors (Lipinski definition) is 4. The number of amides is 1. The van der Waals surface area contributed by atoms with Crippen molar-refractivity contribution in [1.82, 2.24) is 0 Å². The van der Waals surface area contributed by atoms with Crippen LogP contribution < -0.4 is 10.5 Å². The van der Waals surface area contributed by atoms with Gasteiger partial charge in [0.15, 0.2) is 0 Å². The summed E-state index contributed by atoms with van der Waals surface area (Å²) >= 11 is 0. The van der Waals surface area contributed by atoms with E-state index < -0.39 is 11.9 Å². The van der Waals surface area contributed by atoms with Gasteiger partial charge < -0.3 is 15.2 Å². The molecule has 1 aromatic carbocycles. The molecule has 5 nitrogen and oxygen atoms in total. The van der Waals surface area contributed by atoms with E-state index in [9.17, 15) is 9.59 Å². The highest BCUT2D eigenvalue weighted by molar-refractivity contribution is 5.98. The van der Waals surface area contributed by atoms with Gasteiger partial charge in [0.1, 0.15) is 5.75 Å². The molecule has 0 bridgehead atoms. The van der Waals surface area contributed by atoms with Gasteiger partial charge in [-0.3, -0.25) is 4.79 Å². The number of carbonyl (C=O) groups excluding carboxylic acids is 2. The van der Waals surface area contributed by atoms with Crippen LogP contribution in [0.2, 0.25) is 0 Å². The van der Waals surface area contributed by atoms with E-state index in [1.165, 1.54) is 25.3 Å². The van der Waals surface area contributed by atoms with Gasteiger partial charge in [-0.15, -0.1) is 0 Å². The minimum absolute atomic E-state index is 0.287. The van der Waals surface area contributed by atoms with Crippen LogP contribution in [0.4, 0.5) is 0 Å². The van der Waals surface area contributed by atoms with E-state index in [0.29, 0.717) is 17.9 Å². The lowest BCUT2D eigenvalue weighted by molar-refractivity contribution is -0.137. The molecule has 1 rings (SSSR count). The third-order valence-corrected chi connectivity index (χ3v) is 2.21. The van der Waals surface area contributed by atoms with E-state index in [2.05, 4.69) is 0 Å². The molecule has 0 fully saturated rings. The van der Waals surface area contributed by atoms with E-state index >= 15 is 0 Å². The van der Waals surface area contributed by atoms with Crippen molar-refractivity contribution < 1.29 is 19.1 Å². The van der Waals surface area contributed by atoms with Crippen molar-refractivity contribution in [2.75, 3.05) is 13.7 Å². The van der Waals surface area contributed by atoms with E-state index in [1.807, 2.05) is 0 Å². The Morgan fingerprint density at radius 1 is 1.39 bits per heavy atom. The number of carbonyl (C=O) groups is 2. The molecule has 0 aromatic heterocycles. The normalized spacial score (nSPS) is 10.3. The van der Waals surface area contributed by atoms with Gasteiger partial charge in [0.25, 0.3) is 0 Å². The second-order valence-corrected chi connectivity index (χ2v) is 3.40. The summed E-state index contributed by atoms with van der Waals surface area (Å²) in [6.45, 7) is 2.02. The molecular formula is C13H15NO4. The molecule has 18 heavy (non-hydrogen) atoms. The Kier molecular flexibility index (Phi) is 4.92. The molecule has 0 unspecified atom stereocenters. The van der Waals surface area contributed by atoms with Gasteiger partial charge >= 0.3 is 5.97 Å². The highest BCUT2D eigenvalue weighted by Crippen LogP contribution is 2.18. The summed E-state index contributed by atoms with van der Waals surface area (Å²) in [5.74, 6) is -0.529. The van der Waals surface area contributed by atoms with Crippen LogP contribution in [0.1, 0.15) is 22.8 Å². The summed E-state index contributed by atoms with van der Waals surface area (Å²) in [5.41, 5.74) is 6.08. The number of rotatable bonds is 5. The average molecular weight is 249 g/mol. The quantitative estimate of drug-likeness (QED) is 0.631. The number of esters is 1. The molecule has 0 saturated heterocycles. The van der Waals surface area contributed by atoms with Crippen LogP contribution in [0.25, 0.3) is 6.08 Å². The molecule has 5 heteroatoms. The highest BCUT2D eigenvalue weighted by Gasteiger charge is 2.08. The van der Waals surface area contributed by atoms with Crippen LogP contribution in [0.3, 0.4) is 0 Å². The summed E-state index contributed by atoms with van der Waals surface area (Å²) in [6.07, 6.45) is 2.73. The Labute approximate surface area is 105 Å². The van der Waals surface area contributed by atoms with Gasteiger partial charge in [-0.1, -0.05) is 6.07 Å². The van der Waals surface area contributed by atoms with E-state index in [0.717, 1.165) is 0 Å². The summed E-state index contributed by atoms with van der Waals surface area (Å²) in [7, 11) is 1.49. The molecule has 0 spiro atoms. The molecule has 0 heterocycles. The molecule has 0 atom stereocenters. The fourth-order valence-electron chi connectivity index (χ4n) is 1.37. The number of nitrogens with two attached hydrogens (primary N) is 1. The third kappa shape index (κ3) is 3.62. The van der Waals surface area contributed by atoms with Crippen LogP contribution in [-0.4, -0.2) is 25.6 Å². The van der Waals surface area contributed by atoms with Crippen molar-refractivity contribution in [3.63, 3.8) is 0 Å². The summed E-state index contributed by atoms with van der Waals surface area (Å²) in [6, 6.07) is 4.85. The van der Waals surface area contributed by atoms with Crippen LogP contribution in [0, 0.1) is 0 Å². The van der Waals surface area contributed by atoms with Gasteiger partial charge in [-0.25, -0.2) is 4.79 Å². The third-order valence-electron chi connectivity index (χ3n) is 2.21. The Morgan fingerprint density at radius 3 is 2.67 bits per heavy atom. The van der Waals surface area contributed by atoms with Gasteiger partial charge in [-0.05, 0) is 30.7 Å². The highest BCUT2D eigenvalue weighted by atomic mass is 16.5. The Balaban J connectivity index is 3.01. The van der Waals surface area contributed by atoms with Crippen LogP contribution in [0.15, 0.2) is 24.3 Å². The van der Waals surface area contributed by atoms with Gasteiger partial charge in [0, 0.05) is 11.6 Å². The lowest BCUT2D eigenvalue weighted by Crippen LogP contribution is -2.12. The van der Waals surface area contributed by atoms with Crippen LogP contribution >= 0.6 is 0 Å². The zero-order chi connectivity index (χ0) is 13.5. The number of methoxy groups -OCH3 is 1. The van der Waals surface area contributed by atoms with Crippen molar-refractivity contribution in [3.05, 3.63) is 35.4 Å². The van der Waals surface area contributed by atoms with Crippen LogP contribution in [-0.2, 0) is 9.53 Å². The van der Waals surface area contributed by atoms with E-state index in [1.54, 1.807) is 19.1 Å². The minimum Gasteiger partial charge on any atom is -0.497 e. The first-order valence-corrected chi connectivity index (χ1v) is 5.41. The first kappa shape index (κ1) is 13.8. The summed E-state index contributed by atoms with van der Waals surface area (Å²) in [4.78, 5) is 22.4. The van der Waals surface area contributed by atoms with Crippen molar-refractivity contribution in [3.8, 4) is 5.75 Å². The molecule has 0 radical (unpaired) electrons. The first-order chi connectivity index (χ1) is 8.58. The largest absolute Gasteiger partial charge is 0.497 e. The molecule has 1 aromatic rings. The maximum atomic E-state index is 11.3. The topological polar surface area (TPSA) is 78.6 Å². The van der Waals surface area contributed by atoms with Crippen LogP contribution in [0.5, 0.6) is 5.75 Å². The predicted molar refractivity (Wildman–Crippen MR) is 67.2 cm³/mol. The van der Waals surface area contributed by atoms with E-state index in [-0.39, 0.29) is 5.56 Å². The summed E-state index contributed by atoms with van der Waals surface area (Å²) < 4.78 is 9.74. The monoisotopic (exact) mass is 249 g/mol. The first-order valence-electron chi connectivity index (χ1n) is 5.41. The SMILES string of the molecule is CCOC(=O)C=Cc1ccc(OC)cc1C(N)=O. The zero-order valence-electron chi connectivity index (χ0n) is 10.3. The van der Waals surface area contributed by atoms with Crippen molar-refractivity contribution >= 4 is 18.0 Å². The Bertz CT molecular complexity index is 480. The van der Waals surface area contributed by atoms with Gasteiger partial charge in [-0.2, -0.15) is 0 Å². The number of primary amides is 1. The predicted octanol–water partition coefficient (Wildman–Crippen LogP) is 1.37. The molecule has 0 aliphatic carbocycles. The second-order valence-electron chi connectivity index (χ2n) is 3.40. The maximum Gasteiger partial charge on any atom is 0.330 e. The average Bonchev–Trinajstić information content (AvgIpc) is 2.36. The molecule has 0 aliphatic heterocycles. The molecular weight excluding hydrogens is 234 g/mol. The lowest BCUT2D eigenvalue weighted by atomic mass is 10.1. The summed E-state index contributed by atoms with van der Waals surface area (Å²) in [5, 5.41) is 0. The number of hydrogen-bond donors (Lipinski definition) is 1. The lowest BCUT2D eigenvalue weighted by Gasteiger charge is -2.05. The molecule has 0 aliphatic rings. The fraction of sp³-hybridized carbons (Fsp3) is 0.231. The van der Waals surface area contributed by atoms with E-state index in [4.69, 9.17) is 15.2 Å². The van der Waals surface area contributed by atoms with Crippen molar-refractivity contribution in [1.29, 1.82) is 0 Å². The Morgan fingerprint density at radius 2 is 2.11 bits per heavy atom. The maximum absolute atomic E-state index is 11.3. The number of ether oxygens (including phenoxy) is 2. The zero-order valence-corrected chi connectivity index (χ0v) is 10.3. The number of benzene rings is 1. The Hall–Kier alpha value is -2.30. The fourth-order valence-corrected chi connectivity index (χ4v) is 1.37. The second kappa shape index (κ2) is 6.44. The van der Waals surface area contributed by atoms with Gasteiger partial charge in [0.2, 0.25) is 5.91 Å². The molecule has 1 amide bonds. The smallest absolute Gasteiger partial charge is 0.330 e. The standard InChI is InChI=1S/C13H15NO4/c1-3-18-12(15)7-5-9-4-6-10(17-2)8-11(9)13(14)16/h4-8H,3H2,1-2H3,(H2,14,16). The molecule has 96 valence electrons. The molecule has 2 N–H and O–H groups in total. The minimum atomic E-state index is -0.586.